The molecule has 0 saturated carbocycles. The van der Waals surface area contributed by atoms with Crippen molar-refractivity contribution in [3.05, 3.63) is 163 Å². The predicted octanol–water partition coefficient (Wildman–Crippen LogP) is 11.8. The number of pyridine rings is 2. The van der Waals surface area contributed by atoms with Crippen LogP contribution in [0.3, 0.4) is 0 Å². The molecule has 0 atom stereocenters. The number of hydrogen-bond acceptors (Lipinski definition) is 3. The van der Waals surface area contributed by atoms with Gasteiger partial charge in [-0.05, 0) is 69.7 Å². The Kier molecular flexibility index (Phi) is 7.69. The minimum atomic E-state index is -2.51. The van der Waals surface area contributed by atoms with Crippen LogP contribution < -0.4 is 5.19 Å². The number of aromatic nitrogens is 2. The molecule has 51 heavy (non-hydrogen) atoms. The van der Waals surface area contributed by atoms with Gasteiger partial charge in [-0.15, -0.1) is 53.6 Å². The SMILES string of the molecule is [2H]C([2H])([2H])c1c[c-]c(-c2ccc([Si](C)(C)C)cn2)cc1.[2H]C([2H])([2H])c1cnc(-c2[c-]ccc3c2oc2ccccc23)cc1-c1ccc(-c2ccccc2)cc1C([2H])([2H])[2H].[Ir]. The third-order valence-corrected chi connectivity index (χ3v) is 10.7. The van der Waals surface area contributed by atoms with E-state index in [0.29, 0.717) is 33.6 Å². The van der Waals surface area contributed by atoms with Crippen molar-refractivity contribution in [1.29, 1.82) is 0 Å². The van der Waals surface area contributed by atoms with Crippen molar-refractivity contribution in [2.45, 2.75) is 40.2 Å². The quantitative estimate of drug-likeness (QED) is 0.128. The topological polar surface area (TPSA) is 38.9 Å². The molecule has 3 heterocycles. The Labute approximate surface area is 328 Å². The molecule has 3 nitrogen and oxygen atoms in total. The molecule has 0 aliphatic rings. The zero-order chi connectivity index (χ0) is 42.3. The molecular formula is C46H40IrN2OSi-2. The number of nitrogens with zero attached hydrogens (tertiary/aromatic N) is 2. The Bertz CT molecular complexity index is 2700. The van der Waals surface area contributed by atoms with E-state index in [2.05, 4.69) is 47.8 Å². The average molecular weight is 866 g/mol. The zero-order valence-corrected chi connectivity index (χ0v) is 31.7. The van der Waals surface area contributed by atoms with E-state index in [1.807, 2.05) is 79.0 Å². The summed E-state index contributed by atoms with van der Waals surface area (Å²) in [5, 5.41) is 3.14. The molecule has 0 N–H and O–H groups in total. The second kappa shape index (κ2) is 15.1. The van der Waals surface area contributed by atoms with Crippen LogP contribution in [0.5, 0.6) is 0 Å². The Hall–Kier alpha value is -4.93. The fourth-order valence-electron chi connectivity index (χ4n) is 5.87. The van der Waals surface area contributed by atoms with Gasteiger partial charge in [0.05, 0.1) is 13.7 Å². The summed E-state index contributed by atoms with van der Waals surface area (Å²) in [4.78, 5) is 8.96. The summed E-state index contributed by atoms with van der Waals surface area (Å²) < 4.78 is 77.6. The number of rotatable bonds is 5. The summed E-state index contributed by atoms with van der Waals surface area (Å²) in [7, 11) is -1.34. The summed E-state index contributed by atoms with van der Waals surface area (Å²) in [5.41, 5.74) is 6.49. The molecule has 0 aliphatic carbocycles. The minimum Gasteiger partial charge on any atom is -0.501 e. The number of para-hydroxylation sites is 1. The molecule has 0 spiro atoms. The van der Waals surface area contributed by atoms with Crippen molar-refractivity contribution in [3.8, 4) is 44.8 Å². The van der Waals surface area contributed by atoms with Crippen molar-refractivity contribution in [1.82, 2.24) is 9.97 Å². The maximum absolute atomic E-state index is 8.29. The van der Waals surface area contributed by atoms with Crippen LogP contribution in [-0.2, 0) is 20.1 Å². The van der Waals surface area contributed by atoms with Gasteiger partial charge in [-0.25, -0.2) is 0 Å². The molecule has 5 aromatic carbocycles. The number of aryl methyl sites for hydroxylation is 3. The van der Waals surface area contributed by atoms with Gasteiger partial charge in [0.15, 0.2) is 0 Å². The fourth-order valence-corrected chi connectivity index (χ4v) is 6.90. The van der Waals surface area contributed by atoms with Crippen molar-refractivity contribution < 1.29 is 36.9 Å². The van der Waals surface area contributed by atoms with Crippen LogP contribution in [0, 0.1) is 32.7 Å². The molecular weight excluding hydrogens is 817 g/mol. The van der Waals surface area contributed by atoms with Crippen molar-refractivity contribution >= 4 is 35.2 Å². The molecule has 5 heteroatoms. The monoisotopic (exact) mass is 866 g/mol. The molecule has 0 unspecified atom stereocenters. The first kappa shape index (κ1) is 25.9. The normalized spacial score (nSPS) is 14.5. The third kappa shape index (κ3) is 7.72. The molecule has 0 aliphatic heterocycles. The van der Waals surface area contributed by atoms with E-state index in [0.717, 1.165) is 33.2 Å². The van der Waals surface area contributed by atoms with Crippen LogP contribution >= 0.6 is 0 Å². The van der Waals surface area contributed by atoms with Crippen molar-refractivity contribution in [2.24, 2.45) is 0 Å². The Balaban J connectivity index is 0.000000243. The smallest absolute Gasteiger partial charge is 0.120 e. The van der Waals surface area contributed by atoms with Gasteiger partial charge < -0.3 is 14.4 Å². The van der Waals surface area contributed by atoms with E-state index in [1.165, 1.54) is 17.4 Å². The number of furan rings is 1. The number of hydrogen-bond donors (Lipinski definition) is 0. The second-order valence-corrected chi connectivity index (χ2v) is 18.2. The largest absolute Gasteiger partial charge is 0.501 e. The predicted molar refractivity (Wildman–Crippen MR) is 212 cm³/mol. The average Bonchev–Trinajstić information content (AvgIpc) is 3.59. The molecule has 0 fully saturated rings. The molecule has 0 amide bonds. The van der Waals surface area contributed by atoms with Gasteiger partial charge in [-0.2, -0.15) is 0 Å². The van der Waals surface area contributed by atoms with E-state index >= 15 is 0 Å². The van der Waals surface area contributed by atoms with Crippen molar-refractivity contribution in [3.63, 3.8) is 0 Å². The van der Waals surface area contributed by atoms with Gasteiger partial charge in [0, 0.05) is 50.2 Å². The maximum Gasteiger partial charge on any atom is 0.120 e. The Morgan fingerprint density at radius 2 is 1.45 bits per heavy atom. The van der Waals surface area contributed by atoms with Gasteiger partial charge in [0.1, 0.15) is 5.58 Å². The van der Waals surface area contributed by atoms with E-state index in [9.17, 15) is 0 Å². The van der Waals surface area contributed by atoms with Gasteiger partial charge >= 0.3 is 0 Å². The standard InChI is InChI=1S/C31H22NO.C15H18NSi.Ir/c1-20-17-23(22-9-4-3-5-10-22)15-16-24(20)28-18-29(32-19-21(28)2)27-13-8-12-26-25-11-6-7-14-30(25)33-31(26)27;1-12-5-7-13(8-6-12)15-10-9-14(11-16-15)17(2,3)4;/h3-12,14-19H,1-2H3;5-7,9-11H,1-4H3;/q2*-1;/i1D3,2D3;1D3;. The first-order valence-corrected chi connectivity index (χ1v) is 19.8. The summed E-state index contributed by atoms with van der Waals surface area (Å²) >= 11 is 0. The third-order valence-electron chi connectivity index (χ3n) is 8.63. The minimum absolute atomic E-state index is 0. The summed E-state index contributed by atoms with van der Waals surface area (Å²) in [6.07, 6.45) is 3.23. The Morgan fingerprint density at radius 1 is 0.647 bits per heavy atom. The van der Waals surface area contributed by atoms with Crippen LogP contribution in [0.15, 0.2) is 138 Å². The molecule has 8 aromatic rings. The molecule has 3 aromatic heterocycles. The Morgan fingerprint density at radius 3 is 2.18 bits per heavy atom. The summed E-state index contributed by atoms with van der Waals surface area (Å²) in [6.45, 7) is -0.243. The molecule has 0 bridgehead atoms. The number of fused-ring (bicyclic) bond motifs is 3. The van der Waals surface area contributed by atoms with E-state index in [4.69, 9.17) is 16.8 Å². The first-order chi connectivity index (χ1) is 27.8. The zero-order valence-electron chi connectivity index (χ0n) is 37.3. The van der Waals surface area contributed by atoms with E-state index in [-0.39, 0.29) is 36.8 Å². The van der Waals surface area contributed by atoms with Gasteiger partial charge in [0.25, 0.3) is 0 Å². The van der Waals surface area contributed by atoms with Gasteiger partial charge in [0.2, 0.25) is 0 Å². The van der Waals surface area contributed by atoms with E-state index < -0.39 is 28.6 Å². The van der Waals surface area contributed by atoms with Crippen LogP contribution in [0.2, 0.25) is 19.6 Å². The van der Waals surface area contributed by atoms with Crippen LogP contribution in [0.1, 0.15) is 29.0 Å². The van der Waals surface area contributed by atoms with Gasteiger partial charge in [-0.1, -0.05) is 122 Å². The fraction of sp³-hybridized carbons (Fsp3) is 0.130. The summed E-state index contributed by atoms with van der Waals surface area (Å²) in [6, 6.07) is 42.8. The first-order valence-electron chi connectivity index (χ1n) is 20.8. The van der Waals surface area contributed by atoms with Crippen LogP contribution in [0.25, 0.3) is 66.7 Å². The molecule has 8 rings (SSSR count). The molecule has 255 valence electrons. The molecule has 0 saturated heterocycles. The number of benzene rings is 5. The van der Waals surface area contributed by atoms with Crippen molar-refractivity contribution in [2.75, 3.05) is 0 Å². The van der Waals surface area contributed by atoms with Crippen LogP contribution in [0.4, 0.5) is 0 Å². The summed E-state index contributed by atoms with van der Waals surface area (Å²) in [5.74, 6) is 0. The maximum atomic E-state index is 8.29. The molecule has 1 radical (unpaired) electrons. The van der Waals surface area contributed by atoms with Crippen LogP contribution in [-0.4, -0.2) is 18.0 Å². The van der Waals surface area contributed by atoms with Gasteiger partial charge in [-0.3, -0.25) is 0 Å². The second-order valence-electron chi connectivity index (χ2n) is 13.1. The van der Waals surface area contributed by atoms with E-state index in [1.54, 1.807) is 36.4 Å².